The molecule has 0 unspecified atom stereocenters. The van der Waals surface area contributed by atoms with Crippen molar-refractivity contribution in [2.45, 2.75) is 19.3 Å². The van der Waals surface area contributed by atoms with Crippen molar-refractivity contribution in [3.05, 3.63) is 29.6 Å². The number of amides is 1. The summed E-state index contributed by atoms with van der Waals surface area (Å²) in [5, 5.41) is 3.18. The van der Waals surface area contributed by atoms with Gasteiger partial charge in [0, 0.05) is 12.2 Å². The zero-order valence-electron chi connectivity index (χ0n) is 10.7. The van der Waals surface area contributed by atoms with Crippen molar-refractivity contribution in [3.63, 3.8) is 0 Å². The fourth-order valence-corrected chi connectivity index (χ4v) is 2.41. The van der Waals surface area contributed by atoms with Crippen LogP contribution in [-0.4, -0.2) is 25.5 Å². The maximum atomic E-state index is 13.2. The van der Waals surface area contributed by atoms with Gasteiger partial charge in [-0.1, -0.05) is 6.07 Å². The highest BCUT2D eigenvalue weighted by atomic mass is 35.5. The van der Waals surface area contributed by atoms with Crippen molar-refractivity contribution in [1.29, 1.82) is 0 Å². The number of fused-ring (bicyclic) bond motifs is 1. The molecule has 3 rings (SSSR count). The van der Waals surface area contributed by atoms with E-state index in [0.717, 1.165) is 30.1 Å². The highest BCUT2D eigenvalue weighted by Gasteiger charge is 2.25. The summed E-state index contributed by atoms with van der Waals surface area (Å²) in [6.45, 7) is 1.95. The number of carbonyl (C=O) groups excluding carboxylic acids is 1. The largest absolute Gasteiger partial charge is 0.311 e. The molecule has 1 fully saturated rings. The van der Waals surface area contributed by atoms with Gasteiger partial charge in [0.15, 0.2) is 0 Å². The van der Waals surface area contributed by atoms with Gasteiger partial charge >= 0.3 is 0 Å². The van der Waals surface area contributed by atoms with Gasteiger partial charge in [-0.15, -0.1) is 12.4 Å². The van der Waals surface area contributed by atoms with Gasteiger partial charge in [-0.3, -0.25) is 4.79 Å². The molecule has 1 amide bonds. The van der Waals surface area contributed by atoms with E-state index in [-0.39, 0.29) is 24.1 Å². The van der Waals surface area contributed by atoms with Crippen LogP contribution in [0.15, 0.2) is 18.2 Å². The van der Waals surface area contributed by atoms with Crippen molar-refractivity contribution in [3.8, 4) is 0 Å². The normalized spacial score (nSPS) is 17.0. The maximum Gasteiger partial charge on any atom is 0.240 e. The minimum Gasteiger partial charge on any atom is -0.311 e. The minimum atomic E-state index is -0.278. The van der Waals surface area contributed by atoms with Gasteiger partial charge in [-0.05, 0) is 49.4 Å². The van der Waals surface area contributed by atoms with Gasteiger partial charge in [0.2, 0.25) is 5.91 Å². The molecule has 1 heterocycles. The Morgan fingerprint density at radius 1 is 1.42 bits per heavy atom. The molecule has 3 nitrogen and oxygen atoms in total. The van der Waals surface area contributed by atoms with Gasteiger partial charge in [0.05, 0.1) is 6.54 Å². The lowest BCUT2D eigenvalue weighted by atomic mass is 10.2. The summed E-state index contributed by atoms with van der Waals surface area (Å²) < 4.78 is 13.2. The van der Waals surface area contributed by atoms with Crippen LogP contribution in [-0.2, 0) is 11.2 Å². The Kier molecular flexibility index (Phi) is 4.42. The molecule has 5 heteroatoms. The number of halogens is 2. The molecule has 0 aromatic heterocycles. The number of carbonyl (C=O) groups is 1. The average molecular weight is 285 g/mol. The zero-order valence-corrected chi connectivity index (χ0v) is 11.5. The molecule has 1 aromatic rings. The predicted molar refractivity (Wildman–Crippen MR) is 75.3 cm³/mol. The third kappa shape index (κ3) is 3.25. The molecule has 1 saturated carbocycles. The summed E-state index contributed by atoms with van der Waals surface area (Å²) in [6.07, 6.45) is 3.38. The molecule has 0 bridgehead atoms. The zero-order chi connectivity index (χ0) is 12.5. The smallest absolute Gasteiger partial charge is 0.240 e. The molecular weight excluding hydrogens is 267 g/mol. The Hall–Kier alpha value is -1.13. The van der Waals surface area contributed by atoms with Gasteiger partial charge in [-0.2, -0.15) is 0 Å². The van der Waals surface area contributed by atoms with Crippen LogP contribution in [0.3, 0.4) is 0 Å². The van der Waals surface area contributed by atoms with Crippen LogP contribution in [0, 0.1) is 11.7 Å². The molecular formula is C14H18ClFN2O. The van der Waals surface area contributed by atoms with Crippen LogP contribution in [0.25, 0.3) is 0 Å². The molecule has 104 valence electrons. The van der Waals surface area contributed by atoms with Crippen LogP contribution >= 0.6 is 12.4 Å². The fraction of sp³-hybridized carbons (Fsp3) is 0.500. The molecule has 0 spiro atoms. The molecule has 2 aliphatic rings. The van der Waals surface area contributed by atoms with Crippen LogP contribution in [0.5, 0.6) is 0 Å². The average Bonchev–Trinajstić information content (AvgIpc) is 3.07. The van der Waals surface area contributed by atoms with E-state index in [1.807, 2.05) is 0 Å². The number of hydrogen-bond acceptors (Lipinski definition) is 2. The van der Waals surface area contributed by atoms with Crippen LogP contribution in [0.2, 0.25) is 0 Å². The summed E-state index contributed by atoms with van der Waals surface area (Å²) >= 11 is 0. The van der Waals surface area contributed by atoms with Gasteiger partial charge in [-0.25, -0.2) is 4.39 Å². The standard InChI is InChI=1S/C14H17FN2O.ClH/c15-12-4-3-11-5-6-17(13(11)7-12)14(18)9-16-8-10-1-2-10;/h3-4,7,10,16H,1-2,5-6,8-9H2;1H. The molecule has 19 heavy (non-hydrogen) atoms. The number of anilines is 1. The van der Waals surface area contributed by atoms with Crippen LogP contribution in [0.1, 0.15) is 18.4 Å². The van der Waals surface area contributed by atoms with Crippen molar-refractivity contribution < 1.29 is 9.18 Å². The number of nitrogens with zero attached hydrogens (tertiary/aromatic N) is 1. The summed E-state index contributed by atoms with van der Waals surface area (Å²) in [7, 11) is 0. The molecule has 1 N–H and O–H groups in total. The van der Waals surface area contributed by atoms with E-state index < -0.39 is 0 Å². The first-order valence-electron chi connectivity index (χ1n) is 6.53. The predicted octanol–water partition coefficient (Wildman–Crippen LogP) is 2.14. The Morgan fingerprint density at radius 2 is 2.21 bits per heavy atom. The second-order valence-electron chi connectivity index (χ2n) is 5.14. The molecule has 0 atom stereocenters. The van der Waals surface area contributed by atoms with Crippen molar-refractivity contribution in [2.75, 3.05) is 24.5 Å². The van der Waals surface area contributed by atoms with E-state index in [0.29, 0.717) is 13.1 Å². The Bertz CT molecular complexity index is 477. The first-order chi connectivity index (χ1) is 8.74. The number of nitrogens with one attached hydrogen (secondary N) is 1. The number of hydrogen-bond donors (Lipinski definition) is 1. The van der Waals surface area contributed by atoms with Crippen molar-refractivity contribution in [2.24, 2.45) is 5.92 Å². The number of benzene rings is 1. The second-order valence-corrected chi connectivity index (χ2v) is 5.14. The van der Waals surface area contributed by atoms with Gasteiger partial charge in [0.25, 0.3) is 0 Å². The summed E-state index contributed by atoms with van der Waals surface area (Å²) in [5.41, 5.74) is 1.81. The highest BCUT2D eigenvalue weighted by Crippen LogP contribution is 2.29. The van der Waals surface area contributed by atoms with Crippen molar-refractivity contribution >= 4 is 24.0 Å². The van der Waals surface area contributed by atoms with Gasteiger partial charge in [0.1, 0.15) is 5.82 Å². The lowest BCUT2D eigenvalue weighted by Crippen LogP contribution is -2.37. The molecule has 1 aliphatic carbocycles. The van der Waals surface area contributed by atoms with E-state index in [4.69, 9.17) is 0 Å². The molecule has 1 aliphatic heterocycles. The topological polar surface area (TPSA) is 32.3 Å². The lowest BCUT2D eigenvalue weighted by molar-refractivity contribution is -0.117. The third-order valence-corrected chi connectivity index (χ3v) is 3.65. The Balaban J connectivity index is 0.00000133. The minimum absolute atomic E-state index is 0. The van der Waals surface area contributed by atoms with Crippen molar-refractivity contribution in [1.82, 2.24) is 5.32 Å². The second kappa shape index (κ2) is 5.88. The molecule has 1 aromatic carbocycles. The summed E-state index contributed by atoms with van der Waals surface area (Å²) in [4.78, 5) is 13.8. The SMILES string of the molecule is Cl.O=C(CNCC1CC1)N1CCc2ccc(F)cc21. The maximum absolute atomic E-state index is 13.2. The highest BCUT2D eigenvalue weighted by molar-refractivity contribution is 5.96. The Morgan fingerprint density at radius 3 is 2.95 bits per heavy atom. The molecule has 0 saturated heterocycles. The first kappa shape index (κ1) is 14.3. The fourth-order valence-electron chi connectivity index (χ4n) is 2.41. The van der Waals surface area contributed by atoms with Gasteiger partial charge < -0.3 is 10.2 Å². The first-order valence-corrected chi connectivity index (χ1v) is 6.53. The number of rotatable bonds is 4. The third-order valence-electron chi connectivity index (χ3n) is 3.65. The van der Waals surface area contributed by atoms with Crippen LogP contribution in [0.4, 0.5) is 10.1 Å². The van der Waals surface area contributed by atoms with Crippen LogP contribution < -0.4 is 10.2 Å². The lowest BCUT2D eigenvalue weighted by Gasteiger charge is -2.17. The van der Waals surface area contributed by atoms with E-state index in [1.54, 1.807) is 11.0 Å². The quantitative estimate of drug-likeness (QED) is 0.919. The Labute approximate surface area is 118 Å². The summed E-state index contributed by atoms with van der Waals surface area (Å²) in [5.74, 6) is 0.528. The molecule has 0 radical (unpaired) electrons. The van der Waals surface area contributed by atoms with E-state index >= 15 is 0 Å². The van der Waals surface area contributed by atoms with E-state index in [9.17, 15) is 9.18 Å². The monoisotopic (exact) mass is 284 g/mol. The van der Waals surface area contributed by atoms with E-state index in [1.165, 1.54) is 25.0 Å². The summed E-state index contributed by atoms with van der Waals surface area (Å²) in [6, 6.07) is 4.69. The van der Waals surface area contributed by atoms with E-state index in [2.05, 4.69) is 5.32 Å².